The molecule has 0 fully saturated rings. The molecule has 0 aliphatic carbocycles. The van der Waals surface area contributed by atoms with Crippen LogP contribution in [0.1, 0.15) is 28.1 Å². The maximum absolute atomic E-state index is 5.06. The molecule has 0 amide bonds. The van der Waals surface area contributed by atoms with Crippen molar-refractivity contribution in [1.82, 2.24) is 15.1 Å². The monoisotopic (exact) mass is 323 g/mol. The van der Waals surface area contributed by atoms with E-state index in [9.17, 15) is 0 Å². The summed E-state index contributed by atoms with van der Waals surface area (Å²) in [6.07, 6.45) is 0. The molecule has 0 atom stereocenters. The highest BCUT2D eigenvalue weighted by Gasteiger charge is 2.09. The minimum atomic E-state index is 0.549. The van der Waals surface area contributed by atoms with Gasteiger partial charge in [-0.1, -0.05) is 22.9 Å². The van der Waals surface area contributed by atoms with Crippen LogP contribution in [0.5, 0.6) is 0 Å². The Labute approximate surface area is 141 Å². The van der Waals surface area contributed by atoms with Crippen molar-refractivity contribution in [3.63, 3.8) is 0 Å². The lowest BCUT2D eigenvalue weighted by Gasteiger charge is -2.14. The van der Waals surface area contributed by atoms with Crippen LogP contribution in [-0.4, -0.2) is 15.1 Å². The Morgan fingerprint density at radius 2 is 1.50 bits per heavy atom. The maximum Gasteiger partial charge on any atom is 0.229 e. The fourth-order valence-electron chi connectivity index (χ4n) is 2.73. The number of aromatic nitrogens is 3. The molecule has 0 radical (unpaired) electrons. The summed E-state index contributed by atoms with van der Waals surface area (Å²) >= 11 is 0. The van der Waals surface area contributed by atoms with Crippen molar-refractivity contribution in [3.05, 3.63) is 52.4 Å². The normalized spacial score (nSPS) is 10.7. The molecule has 124 valence electrons. The Morgan fingerprint density at radius 1 is 0.792 bits per heavy atom. The minimum Gasteiger partial charge on any atom is -0.360 e. The highest BCUT2D eigenvalue weighted by atomic mass is 16.5. The molecule has 0 saturated carbocycles. The summed E-state index contributed by atoms with van der Waals surface area (Å²) in [6, 6.07) is 7.97. The van der Waals surface area contributed by atoms with Crippen LogP contribution in [0.25, 0.3) is 0 Å². The van der Waals surface area contributed by atoms with Crippen LogP contribution in [0, 0.1) is 34.6 Å². The van der Waals surface area contributed by atoms with Gasteiger partial charge in [-0.15, -0.1) is 0 Å². The van der Waals surface area contributed by atoms with Gasteiger partial charge >= 0.3 is 0 Å². The number of hydrogen-bond acceptors (Lipinski definition) is 6. The molecular weight excluding hydrogens is 302 g/mol. The third kappa shape index (κ3) is 3.53. The molecule has 1 aromatic carbocycles. The van der Waals surface area contributed by atoms with Crippen molar-refractivity contribution in [1.29, 1.82) is 0 Å². The van der Waals surface area contributed by atoms with Crippen molar-refractivity contribution >= 4 is 23.3 Å². The van der Waals surface area contributed by atoms with Gasteiger partial charge in [0.15, 0.2) is 5.82 Å². The summed E-state index contributed by atoms with van der Waals surface area (Å²) in [5, 5.41) is 10.4. The van der Waals surface area contributed by atoms with Gasteiger partial charge in [0.1, 0.15) is 11.6 Å². The van der Waals surface area contributed by atoms with Crippen molar-refractivity contribution in [2.75, 3.05) is 10.6 Å². The zero-order chi connectivity index (χ0) is 17.3. The summed E-state index contributed by atoms with van der Waals surface area (Å²) in [5.41, 5.74) is 5.47. The summed E-state index contributed by atoms with van der Waals surface area (Å²) in [7, 11) is 0. The first-order chi connectivity index (χ1) is 11.4. The second-order valence-electron chi connectivity index (χ2n) is 6.06. The lowest BCUT2D eigenvalue weighted by Crippen LogP contribution is -2.04. The smallest absolute Gasteiger partial charge is 0.229 e. The molecule has 0 spiro atoms. The van der Waals surface area contributed by atoms with E-state index in [4.69, 9.17) is 4.52 Å². The van der Waals surface area contributed by atoms with E-state index in [1.807, 2.05) is 26.0 Å². The number of nitrogens with one attached hydrogen (secondary N) is 2. The SMILES string of the molecule is Cc1cc(C)c(Nc2nc(C)cc(Nc3cc(C)on3)n2)c(C)c1. The van der Waals surface area contributed by atoms with Gasteiger partial charge in [0.05, 0.1) is 0 Å². The maximum atomic E-state index is 5.06. The molecule has 6 heteroatoms. The third-order valence-electron chi connectivity index (χ3n) is 3.65. The quantitative estimate of drug-likeness (QED) is 0.736. The predicted octanol–water partition coefficient (Wildman–Crippen LogP) is 4.49. The first kappa shape index (κ1) is 16.0. The second-order valence-corrected chi connectivity index (χ2v) is 6.06. The van der Waals surface area contributed by atoms with Crippen LogP contribution >= 0.6 is 0 Å². The lowest BCUT2D eigenvalue weighted by atomic mass is 10.1. The number of aryl methyl sites for hydroxylation is 5. The van der Waals surface area contributed by atoms with Gasteiger partial charge in [-0.05, 0) is 45.7 Å². The molecular formula is C18H21N5O. The van der Waals surface area contributed by atoms with E-state index in [1.165, 1.54) is 16.7 Å². The van der Waals surface area contributed by atoms with E-state index in [-0.39, 0.29) is 0 Å². The van der Waals surface area contributed by atoms with Gasteiger partial charge in [-0.2, -0.15) is 4.98 Å². The van der Waals surface area contributed by atoms with E-state index in [0.29, 0.717) is 17.6 Å². The summed E-state index contributed by atoms with van der Waals surface area (Å²) in [6.45, 7) is 10.0. The van der Waals surface area contributed by atoms with E-state index >= 15 is 0 Å². The van der Waals surface area contributed by atoms with E-state index < -0.39 is 0 Å². The first-order valence-corrected chi connectivity index (χ1v) is 7.81. The van der Waals surface area contributed by atoms with Crippen LogP contribution < -0.4 is 10.6 Å². The molecule has 2 heterocycles. The Bertz CT molecular complexity index is 862. The molecule has 2 N–H and O–H groups in total. The van der Waals surface area contributed by atoms with Gasteiger partial charge in [-0.25, -0.2) is 4.98 Å². The zero-order valence-electron chi connectivity index (χ0n) is 14.6. The van der Waals surface area contributed by atoms with Crippen molar-refractivity contribution < 1.29 is 4.52 Å². The fraction of sp³-hybridized carbons (Fsp3) is 0.278. The predicted molar refractivity (Wildman–Crippen MR) is 95.2 cm³/mol. The largest absolute Gasteiger partial charge is 0.360 e. The van der Waals surface area contributed by atoms with Gasteiger partial charge in [0.25, 0.3) is 0 Å². The Hall–Kier alpha value is -2.89. The van der Waals surface area contributed by atoms with Crippen LogP contribution in [0.2, 0.25) is 0 Å². The number of hydrogen-bond donors (Lipinski definition) is 2. The molecule has 0 aliphatic heterocycles. The summed E-state index contributed by atoms with van der Waals surface area (Å²) < 4.78 is 5.06. The van der Waals surface area contributed by atoms with Crippen LogP contribution in [-0.2, 0) is 0 Å². The Kier molecular flexibility index (Phi) is 4.20. The van der Waals surface area contributed by atoms with Crippen LogP contribution in [0.3, 0.4) is 0 Å². The van der Waals surface area contributed by atoms with Crippen molar-refractivity contribution in [2.45, 2.75) is 34.6 Å². The van der Waals surface area contributed by atoms with Crippen LogP contribution in [0.15, 0.2) is 28.8 Å². The highest BCUT2D eigenvalue weighted by Crippen LogP contribution is 2.25. The number of rotatable bonds is 4. The summed E-state index contributed by atoms with van der Waals surface area (Å²) in [4.78, 5) is 9.00. The van der Waals surface area contributed by atoms with Crippen LogP contribution in [0.4, 0.5) is 23.3 Å². The zero-order valence-corrected chi connectivity index (χ0v) is 14.6. The second kappa shape index (κ2) is 6.31. The van der Waals surface area contributed by atoms with Gasteiger partial charge in [0, 0.05) is 23.5 Å². The van der Waals surface area contributed by atoms with Gasteiger partial charge < -0.3 is 15.2 Å². The Morgan fingerprint density at radius 3 is 2.12 bits per heavy atom. The van der Waals surface area contributed by atoms with E-state index in [1.54, 1.807) is 0 Å². The summed E-state index contributed by atoms with van der Waals surface area (Å²) in [5.74, 6) is 2.58. The average molecular weight is 323 g/mol. The average Bonchev–Trinajstić information content (AvgIpc) is 2.87. The Balaban J connectivity index is 1.89. The van der Waals surface area contributed by atoms with Crippen molar-refractivity contribution in [3.8, 4) is 0 Å². The standard InChI is InChI=1S/C18H21N5O/c1-10-6-11(2)17(12(3)7-10)22-18-19-13(4)8-15(21-18)20-16-9-14(5)24-23-16/h6-9H,1-5H3,(H2,19,20,21,22,23). The van der Waals surface area contributed by atoms with E-state index in [2.05, 4.69) is 58.7 Å². The van der Waals surface area contributed by atoms with Gasteiger partial charge in [-0.3, -0.25) is 0 Å². The minimum absolute atomic E-state index is 0.549. The third-order valence-corrected chi connectivity index (χ3v) is 3.65. The van der Waals surface area contributed by atoms with Crippen molar-refractivity contribution in [2.24, 2.45) is 0 Å². The molecule has 6 nitrogen and oxygen atoms in total. The molecule has 0 aliphatic rings. The number of nitrogens with zero attached hydrogens (tertiary/aromatic N) is 3. The molecule has 0 bridgehead atoms. The molecule has 0 unspecified atom stereocenters. The lowest BCUT2D eigenvalue weighted by molar-refractivity contribution is 0.400. The molecule has 2 aromatic heterocycles. The topological polar surface area (TPSA) is 75.9 Å². The van der Waals surface area contributed by atoms with Gasteiger partial charge in [0.2, 0.25) is 5.95 Å². The molecule has 0 saturated heterocycles. The van der Waals surface area contributed by atoms with E-state index in [0.717, 1.165) is 17.1 Å². The number of anilines is 4. The highest BCUT2D eigenvalue weighted by molar-refractivity contribution is 5.65. The molecule has 3 rings (SSSR count). The first-order valence-electron chi connectivity index (χ1n) is 7.81. The fourth-order valence-corrected chi connectivity index (χ4v) is 2.73. The molecule has 24 heavy (non-hydrogen) atoms. The molecule has 3 aromatic rings. The number of benzene rings is 1.